The normalized spacial score (nSPS) is 22.7. The number of aliphatic carboxylic acids is 1. The van der Waals surface area contributed by atoms with Gasteiger partial charge >= 0.3 is 5.97 Å². The van der Waals surface area contributed by atoms with Crippen LogP contribution in [0.2, 0.25) is 0 Å². The van der Waals surface area contributed by atoms with Gasteiger partial charge in [0.15, 0.2) is 0 Å². The van der Waals surface area contributed by atoms with Crippen LogP contribution in [0.3, 0.4) is 0 Å². The van der Waals surface area contributed by atoms with E-state index in [0.717, 1.165) is 18.4 Å². The van der Waals surface area contributed by atoms with Crippen molar-refractivity contribution in [2.75, 3.05) is 0 Å². The number of benzene rings is 1. The Hall–Kier alpha value is -1.86. The summed E-state index contributed by atoms with van der Waals surface area (Å²) in [6, 6.07) is 9.41. The Morgan fingerprint density at radius 2 is 1.89 bits per heavy atom. The molecule has 0 amide bonds. The zero-order valence-corrected chi connectivity index (χ0v) is 10.7. The molecule has 0 unspecified atom stereocenters. The molecule has 2 rings (SSSR count). The van der Waals surface area contributed by atoms with Crippen molar-refractivity contribution in [1.82, 2.24) is 0 Å². The average Bonchev–Trinajstić information content (AvgIpc) is 2.46. The molecular formula is C15H17NO3. The molecule has 0 heterocycles. The minimum atomic E-state index is -0.689. The van der Waals surface area contributed by atoms with E-state index in [1.807, 2.05) is 12.1 Å². The molecule has 0 spiro atoms. The molecule has 0 aliphatic heterocycles. The van der Waals surface area contributed by atoms with Gasteiger partial charge in [0.05, 0.1) is 30.3 Å². The second kappa shape index (κ2) is 6.35. The second-order valence-corrected chi connectivity index (χ2v) is 4.93. The van der Waals surface area contributed by atoms with E-state index in [1.165, 1.54) is 0 Å². The van der Waals surface area contributed by atoms with Gasteiger partial charge in [-0.3, -0.25) is 4.79 Å². The molecule has 1 aliphatic rings. The van der Waals surface area contributed by atoms with Crippen molar-refractivity contribution in [2.24, 2.45) is 5.92 Å². The first-order valence-electron chi connectivity index (χ1n) is 6.52. The Morgan fingerprint density at radius 3 is 2.42 bits per heavy atom. The number of carboxylic acid groups (broad SMARTS) is 1. The number of carbonyl (C=O) groups is 1. The van der Waals surface area contributed by atoms with Crippen LogP contribution in [0.25, 0.3) is 0 Å². The molecule has 4 nitrogen and oxygen atoms in total. The van der Waals surface area contributed by atoms with Crippen LogP contribution in [-0.4, -0.2) is 17.2 Å². The number of hydrogen-bond donors (Lipinski definition) is 1. The van der Waals surface area contributed by atoms with Gasteiger partial charge in [-0.25, -0.2) is 0 Å². The standard InChI is InChI=1S/C15H17NO3/c16-9-11-1-3-12(4-2-11)10-19-14-7-5-13(6-8-14)15(17)18/h1-4,13-14H,5-8,10H2,(H,17,18)/t13-,14-. The van der Waals surface area contributed by atoms with Crippen LogP contribution in [0.5, 0.6) is 0 Å². The number of hydrogen-bond acceptors (Lipinski definition) is 3. The molecule has 1 aromatic rings. The van der Waals surface area contributed by atoms with Crippen LogP contribution in [0, 0.1) is 17.2 Å². The maximum absolute atomic E-state index is 10.8. The zero-order chi connectivity index (χ0) is 13.7. The Bertz CT molecular complexity index is 467. The van der Waals surface area contributed by atoms with Crippen LogP contribution >= 0.6 is 0 Å². The number of ether oxygens (including phenoxy) is 1. The molecular weight excluding hydrogens is 242 g/mol. The fourth-order valence-electron chi connectivity index (χ4n) is 2.37. The summed E-state index contributed by atoms with van der Waals surface area (Å²) in [6.07, 6.45) is 3.19. The third-order valence-electron chi connectivity index (χ3n) is 3.59. The van der Waals surface area contributed by atoms with E-state index in [-0.39, 0.29) is 12.0 Å². The summed E-state index contributed by atoms with van der Waals surface area (Å²) in [7, 11) is 0. The van der Waals surface area contributed by atoms with Crippen LogP contribution in [0.1, 0.15) is 36.8 Å². The highest BCUT2D eigenvalue weighted by molar-refractivity contribution is 5.70. The number of nitrogens with zero attached hydrogens (tertiary/aromatic N) is 1. The van der Waals surface area contributed by atoms with Crippen molar-refractivity contribution in [1.29, 1.82) is 5.26 Å². The number of nitriles is 1. The Morgan fingerprint density at radius 1 is 1.26 bits per heavy atom. The lowest BCUT2D eigenvalue weighted by Gasteiger charge is -2.26. The van der Waals surface area contributed by atoms with Crippen LogP contribution in [-0.2, 0) is 16.1 Å². The highest BCUT2D eigenvalue weighted by atomic mass is 16.5. The summed E-state index contributed by atoms with van der Waals surface area (Å²) >= 11 is 0. The van der Waals surface area contributed by atoms with Gasteiger partial charge in [-0.15, -0.1) is 0 Å². The predicted molar refractivity (Wildman–Crippen MR) is 69.3 cm³/mol. The molecule has 1 saturated carbocycles. The van der Waals surface area contributed by atoms with Gasteiger partial charge < -0.3 is 9.84 Å². The van der Waals surface area contributed by atoms with Gasteiger partial charge in [0.25, 0.3) is 0 Å². The topological polar surface area (TPSA) is 70.3 Å². The summed E-state index contributed by atoms with van der Waals surface area (Å²) < 4.78 is 5.79. The van der Waals surface area contributed by atoms with E-state index < -0.39 is 5.97 Å². The van der Waals surface area contributed by atoms with E-state index in [2.05, 4.69) is 6.07 Å². The first-order valence-corrected chi connectivity index (χ1v) is 6.52. The molecule has 1 aliphatic carbocycles. The molecule has 4 heteroatoms. The fourth-order valence-corrected chi connectivity index (χ4v) is 2.37. The third-order valence-corrected chi connectivity index (χ3v) is 3.59. The number of rotatable bonds is 4. The quantitative estimate of drug-likeness (QED) is 0.902. The van der Waals surface area contributed by atoms with Gasteiger partial charge in [0, 0.05) is 0 Å². The van der Waals surface area contributed by atoms with E-state index in [1.54, 1.807) is 12.1 Å². The van der Waals surface area contributed by atoms with Gasteiger partial charge in [0.2, 0.25) is 0 Å². The van der Waals surface area contributed by atoms with Gasteiger partial charge in [0.1, 0.15) is 0 Å². The SMILES string of the molecule is N#Cc1ccc(CO[C@H]2CC[C@H](C(=O)O)CC2)cc1. The second-order valence-electron chi connectivity index (χ2n) is 4.93. The summed E-state index contributed by atoms with van der Waals surface area (Å²) in [6.45, 7) is 0.522. The lowest BCUT2D eigenvalue weighted by atomic mass is 9.87. The summed E-state index contributed by atoms with van der Waals surface area (Å²) in [5.74, 6) is -0.889. The first kappa shape index (κ1) is 13.6. The van der Waals surface area contributed by atoms with Crippen molar-refractivity contribution >= 4 is 5.97 Å². The molecule has 1 N–H and O–H groups in total. The fraction of sp³-hybridized carbons (Fsp3) is 0.467. The Kier molecular flexibility index (Phi) is 4.53. The lowest BCUT2D eigenvalue weighted by molar-refractivity contribution is -0.143. The maximum Gasteiger partial charge on any atom is 0.306 e. The predicted octanol–water partition coefficient (Wildman–Crippen LogP) is 2.72. The molecule has 1 aromatic carbocycles. The monoisotopic (exact) mass is 259 g/mol. The highest BCUT2D eigenvalue weighted by Gasteiger charge is 2.26. The maximum atomic E-state index is 10.8. The Labute approximate surface area is 112 Å². The zero-order valence-electron chi connectivity index (χ0n) is 10.7. The van der Waals surface area contributed by atoms with Crippen molar-refractivity contribution in [3.8, 4) is 6.07 Å². The molecule has 0 saturated heterocycles. The largest absolute Gasteiger partial charge is 0.481 e. The Balaban J connectivity index is 1.77. The van der Waals surface area contributed by atoms with Crippen molar-refractivity contribution in [2.45, 2.75) is 38.4 Å². The van der Waals surface area contributed by atoms with E-state index in [4.69, 9.17) is 15.1 Å². The molecule has 100 valence electrons. The first-order chi connectivity index (χ1) is 9.19. The minimum Gasteiger partial charge on any atom is -0.481 e. The van der Waals surface area contributed by atoms with E-state index in [0.29, 0.717) is 25.0 Å². The summed E-state index contributed by atoms with van der Waals surface area (Å²) in [5.41, 5.74) is 1.69. The average molecular weight is 259 g/mol. The summed E-state index contributed by atoms with van der Waals surface area (Å²) in [4.78, 5) is 10.8. The van der Waals surface area contributed by atoms with E-state index in [9.17, 15) is 4.79 Å². The minimum absolute atomic E-state index is 0.159. The molecule has 0 bridgehead atoms. The molecule has 0 atom stereocenters. The van der Waals surface area contributed by atoms with Crippen molar-refractivity contribution in [3.63, 3.8) is 0 Å². The molecule has 19 heavy (non-hydrogen) atoms. The molecule has 1 fully saturated rings. The summed E-state index contributed by atoms with van der Waals surface area (Å²) in [5, 5.41) is 17.6. The van der Waals surface area contributed by atoms with Gasteiger partial charge in [-0.1, -0.05) is 12.1 Å². The lowest BCUT2D eigenvalue weighted by Crippen LogP contribution is -2.25. The number of carboxylic acids is 1. The van der Waals surface area contributed by atoms with Crippen LogP contribution in [0.4, 0.5) is 0 Å². The smallest absolute Gasteiger partial charge is 0.306 e. The molecule has 0 radical (unpaired) electrons. The van der Waals surface area contributed by atoms with Crippen molar-refractivity contribution < 1.29 is 14.6 Å². The van der Waals surface area contributed by atoms with Crippen molar-refractivity contribution in [3.05, 3.63) is 35.4 Å². The third kappa shape index (κ3) is 3.80. The molecule has 0 aromatic heterocycles. The van der Waals surface area contributed by atoms with Crippen LogP contribution in [0.15, 0.2) is 24.3 Å². The van der Waals surface area contributed by atoms with Gasteiger partial charge in [-0.05, 0) is 43.4 Å². The van der Waals surface area contributed by atoms with Crippen LogP contribution < -0.4 is 0 Å². The highest BCUT2D eigenvalue weighted by Crippen LogP contribution is 2.26. The van der Waals surface area contributed by atoms with Gasteiger partial charge in [-0.2, -0.15) is 5.26 Å². The van der Waals surface area contributed by atoms with E-state index >= 15 is 0 Å².